The first-order chi connectivity index (χ1) is 10.1. The van der Waals surface area contributed by atoms with Crippen LogP contribution >= 0.6 is 0 Å². The third kappa shape index (κ3) is 5.60. The quantitative estimate of drug-likeness (QED) is 0.794. The fourth-order valence-electron chi connectivity index (χ4n) is 2.00. The predicted molar refractivity (Wildman–Crippen MR) is 88.0 cm³/mol. The van der Waals surface area contributed by atoms with Gasteiger partial charge in [0.05, 0.1) is 6.10 Å². The number of hydrogen-bond acceptors (Lipinski definition) is 3. The molecule has 0 spiro atoms. The summed E-state index contributed by atoms with van der Waals surface area (Å²) in [6.07, 6.45) is -0.281. The molecule has 0 saturated heterocycles. The first-order valence-electron chi connectivity index (χ1n) is 7.66. The summed E-state index contributed by atoms with van der Waals surface area (Å²) in [7, 11) is 0. The molecule has 1 aromatic carbocycles. The van der Waals surface area contributed by atoms with E-state index < -0.39 is 6.10 Å². The zero-order valence-corrected chi connectivity index (χ0v) is 14.2. The average Bonchev–Trinajstić information content (AvgIpc) is 2.43. The van der Waals surface area contributed by atoms with Crippen molar-refractivity contribution in [2.75, 3.05) is 6.54 Å². The Bertz CT molecular complexity index is 544. The van der Waals surface area contributed by atoms with Crippen LogP contribution in [0.5, 0.6) is 0 Å². The molecular weight excluding hydrogens is 278 g/mol. The van der Waals surface area contributed by atoms with Crippen LogP contribution in [0.4, 0.5) is 0 Å². The van der Waals surface area contributed by atoms with Crippen LogP contribution in [0.15, 0.2) is 18.2 Å². The zero-order valence-electron chi connectivity index (χ0n) is 14.2. The molecule has 0 aromatic heterocycles. The molecule has 1 amide bonds. The Balaban J connectivity index is 2.47. The number of carbonyl (C=O) groups is 2. The average molecular weight is 305 g/mol. The van der Waals surface area contributed by atoms with E-state index in [0.717, 1.165) is 11.1 Å². The van der Waals surface area contributed by atoms with Gasteiger partial charge in [-0.1, -0.05) is 38.5 Å². The number of nitrogens with one attached hydrogen (secondary N) is 1. The number of ketones is 1. The molecule has 0 aliphatic heterocycles. The Morgan fingerprint density at radius 1 is 1.18 bits per heavy atom. The van der Waals surface area contributed by atoms with Gasteiger partial charge < -0.3 is 10.4 Å². The largest absolute Gasteiger partial charge is 0.391 e. The lowest BCUT2D eigenvalue weighted by Gasteiger charge is -2.25. The number of aliphatic hydroxyl groups is 1. The van der Waals surface area contributed by atoms with Gasteiger partial charge in [0, 0.05) is 24.9 Å². The number of benzene rings is 1. The second-order valence-electron chi connectivity index (χ2n) is 6.93. The van der Waals surface area contributed by atoms with Crippen LogP contribution in [-0.2, 0) is 4.79 Å². The Labute approximate surface area is 132 Å². The van der Waals surface area contributed by atoms with Gasteiger partial charge in [-0.15, -0.1) is 0 Å². The first-order valence-corrected chi connectivity index (χ1v) is 7.66. The second kappa shape index (κ2) is 7.54. The van der Waals surface area contributed by atoms with E-state index in [0.29, 0.717) is 5.56 Å². The summed E-state index contributed by atoms with van der Waals surface area (Å²) in [5, 5.41) is 12.6. The van der Waals surface area contributed by atoms with E-state index in [1.807, 2.05) is 52.8 Å². The second-order valence-corrected chi connectivity index (χ2v) is 6.93. The van der Waals surface area contributed by atoms with Gasteiger partial charge in [-0.25, -0.2) is 0 Å². The number of aliphatic hydroxyl groups excluding tert-OH is 1. The molecule has 1 unspecified atom stereocenters. The summed E-state index contributed by atoms with van der Waals surface area (Å²) in [4.78, 5) is 24.0. The molecule has 0 saturated carbocycles. The van der Waals surface area contributed by atoms with E-state index in [4.69, 9.17) is 0 Å². The molecule has 1 aromatic rings. The standard InChI is InChI=1S/C18H27NO3/c1-12-6-7-13(2)14(10-12)15(20)8-9-17(22)19-11-16(21)18(3,4)5/h6-7,10,16,21H,8-9,11H2,1-5H3,(H,19,22). The van der Waals surface area contributed by atoms with Crippen LogP contribution in [0.1, 0.15) is 55.1 Å². The van der Waals surface area contributed by atoms with Crippen LogP contribution in [-0.4, -0.2) is 29.4 Å². The summed E-state index contributed by atoms with van der Waals surface area (Å²) in [5.74, 6) is -0.227. The number of amides is 1. The van der Waals surface area contributed by atoms with E-state index in [1.165, 1.54) is 0 Å². The molecule has 1 rings (SSSR count). The van der Waals surface area contributed by atoms with Crippen LogP contribution in [0, 0.1) is 19.3 Å². The Kier molecular flexibility index (Phi) is 6.30. The van der Waals surface area contributed by atoms with Crippen molar-refractivity contribution in [3.05, 3.63) is 34.9 Å². The van der Waals surface area contributed by atoms with Gasteiger partial charge in [0.1, 0.15) is 0 Å². The molecule has 4 nitrogen and oxygen atoms in total. The summed E-state index contributed by atoms with van der Waals surface area (Å²) in [6, 6.07) is 5.74. The fraction of sp³-hybridized carbons (Fsp3) is 0.556. The van der Waals surface area contributed by atoms with E-state index in [2.05, 4.69) is 5.32 Å². The lowest BCUT2D eigenvalue weighted by molar-refractivity contribution is -0.121. The van der Waals surface area contributed by atoms with Gasteiger partial charge >= 0.3 is 0 Å². The van der Waals surface area contributed by atoms with Crippen molar-refractivity contribution in [2.45, 2.75) is 53.6 Å². The highest BCUT2D eigenvalue weighted by atomic mass is 16.3. The van der Waals surface area contributed by atoms with Crippen molar-refractivity contribution < 1.29 is 14.7 Å². The smallest absolute Gasteiger partial charge is 0.220 e. The molecular formula is C18H27NO3. The Morgan fingerprint density at radius 2 is 1.82 bits per heavy atom. The monoisotopic (exact) mass is 305 g/mol. The molecule has 0 radical (unpaired) electrons. The molecule has 2 N–H and O–H groups in total. The van der Waals surface area contributed by atoms with E-state index in [-0.39, 0.29) is 36.5 Å². The fourth-order valence-corrected chi connectivity index (χ4v) is 2.00. The van der Waals surface area contributed by atoms with Crippen molar-refractivity contribution in [3.8, 4) is 0 Å². The van der Waals surface area contributed by atoms with E-state index >= 15 is 0 Å². The topological polar surface area (TPSA) is 66.4 Å². The number of carbonyl (C=O) groups excluding carboxylic acids is 2. The molecule has 122 valence electrons. The predicted octanol–water partition coefficient (Wildman–Crippen LogP) is 2.79. The molecule has 22 heavy (non-hydrogen) atoms. The van der Waals surface area contributed by atoms with Crippen molar-refractivity contribution in [2.24, 2.45) is 5.41 Å². The van der Waals surface area contributed by atoms with Crippen molar-refractivity contribution >= 4 is 11.7 Å². The Morgan fingerprint density at radius 3 is 2.41 bits per heavy atom. The summed E-state index contributed by atoms with van der Waals surface area (Å²) >= 11 is 0. The molecule has 1 atom stereocenters. The van der Waals surface area contributed by atoms with E-state index in [1.54, 1.807) is 0 Å². The van der Waals surface area contributed by atoms with Gasteiger partial charge in [0.15, 0.2) is 5.78 Å². The first kappa shape index (κ1) is 18.4. The van der Waals surface area contributed by atoms with Crippen LogP contribution in [0.25, 0.3) is 0 Å². The van der Waals surface area contributed by atoms with Gasteiger partial charge in [-0.05, 0) is 30.9 Å². The number of rotatable bonds is 6. The molecule has 0 fully saturated rings. The van der Waals surface area contributed by atoms with Crippen LogP contribution in [0.2, 0.25) is 0 Å². The van der Waals surface area contributed by atoms with Crippen molar-refractivity contribution in [3.63, 3.8) is 0 Å². The lowest BCUT2D eigenvalue weighted by Crippen LogP contribution is -2.39. The highest BCUT2D eigenvalue weighted by Gasteiger charge is 2.22. The normalized spacial score (nSPS) is 12.8. The highest BCUT2D eigenvalue weighted by molar-refractivity contribution is 5.99. The Hall–Kier alpha value is -1.68. The third-order valence-corrected chi connectivity index (χ3v) is 3.76. The van der Waals surface area contributed by atoms with Crippen molar-refractivity contribution in [1.82, 2.24) is 5.32 Å². The molecule has 0 aliphatic rings. The van der Waals surface area contributed by atoms with Gasteiger partial charge in [-0.2, -0.15) is 0 Å². The summed E-state index contributed by atoms with van der Waals surface area (Å²) < 4.78 is 0. The highest BCUT2D eigenvalue weighted by Crippen LogP contribution is 2.18. The molecule has 4 heteroatoms. The molecule has 0 heterocycles. The van der Waals surface area contributed by atoms with Crippen LogP contribution < -0.4 is 5.32 Å². The van der Waals surface area contributed by atoms with Crippen molar-refractivity contribution in [1.29, 1.82) is 0 Å². The third-order valence-electron chi connectivity index (χ3n) is 3.76. The zero-order chi connectivity index (χ0) is 16.9. The van der Waals surface area contributed by atoms with Gasteiger partial charge in [-0.3, -0.25) is 9.59 Å². The van der Waals surface area contributed by atoms with Gasteiger partial charge in [0.2, 0.25) is 5.91 Å². The lowest BCUT2D eigenvalue weighted by atomic mass is 9.89. The minimum absolute atomic E-state index is 0.0206. The number of aryl methyl sites for hydroxylation is 2. The minimum Gasteiger partial charge on any atom is -0.391 e. The van der Waals surface area contributed by atoms with E-state index in [9.17, 15) is 14.7 Å². The summed E-state index contributed by atoms with van der Waals surface area (Å²) in [5.41, 5.74) is 2.37. The summed E-state index contributed by atoms with van der Waals surface area (Å²) in [6.45, 7) is 9.78. The van der Waals surface area contributed by atoms with Gasteiger partial charge in [0.25, 0.3) is 0 Å². The maximum absolute atomic E-state index is 12.2. The molecule has 0 bridgehead atoms. The maximum atomic E-state index is 12.2. The number of Topliss-reactive ketones (excluding diaryl/α,β-unsaturated/α-hetero) is 1. The SMILES string of the molecule is Cc1ccc(C)c(C(=O)CCC(=O)NCC(O)C(C)(C)C)c1. The number of hydrogen-bond donors (Lipinski definition) is 2. The van der Waals surface area contributed by atoms with Crippen LogP contribution in [0.3, 0.4) is 0 Å². The minimum atomic E-state index is -0.605. The maximum Gasteiger partial charge on any atom is 0.220 e. The molecule has 0 aliphatic carbocycles.